The van der Waals surface area contributed by atoms with Gasteiger partial charge in [0.15, 0.2) is 0 Å². The van der Waals surface area contributed by atoms with E-state index < -0.39 is 0 Å². The lowest BCUT2D eigenvalue weighted by molar-refractivity contribution is 0.307. The Kier molecular flexibility index (Phi) is 4.74. The number of thiophene rings is 1. The van der Waals surface area contributed by atoms with E-state index in [9.17, 15) is 0 Å². The number of alkyl halides is 1. The molecule has 0 saturated heterocycles. The average Bonchev–Trinajstić information content (AvgIpc) is 2.73. The lowest BCUT2D eigenvalue weighted by atomic mass is 10.2. The smallest absolute Gasteiger partial charge is 0.124 e. The summed E-state index contributed by atoms with van der Waals surface area (Å²) in [4.78, 5) is 1.10. The molecule has 90 valence electrons. The van der Waals surface area contributed by atoms with Gasteiger partial charge in [-0.1, -0.05) is 27.5 Å². The molecule has 1 heterocycles. The van der Waals surface area contributed by atoms with Crippen molar-refractivity contribution in [3.8, 4) is 5.75 Å². The largest absolute Gasteiger partial charge is 0.488 e. The number of hydrogen-bond donors (Lipinski definition) is 0. The van der Waals surface area contributed by atoms with E-state index >= 15 is 0 Å². The Morgan fingerprint density at radius 3 is 2.71 bits per heavy atom. The summed E-state index contributed by atoms with van der Waals surface area (Å²) >= 11 is 16.7. The molecule has 5 heteroatoms. The maximum atomic E-state index is 5.87. The van der Waals surface area contributed by atoms with E-state index in [-0.39, 0.29) is 0 Å². The lowest BCUT2D eigenvalue weighted by Crippen LogP contribution is -1.96. The molecule has 0 radical (unpaired) electrons. The molecule has 0 atom stereocenters. The molecule has 0 bridgehead atoms. The molecule has 0 fully saturated rings. The van der Waals surface area contributed by atoms with Gasteiger partial charge in [-0.25, -0.2) is 0 Å². The predicted molar refractivity (Wildman–Crippen MR) is 77.4 cm³/mol. The maximum Gasteiger partial charge on any atom is 0.124 e. The normalized spacial score (nSPS) is 10.5. The standard InChI is InChI=1S/C12H9BrCl2OS/c13-9-1-3-11(8(5-9)6-14)16-7-10-2-4-12(15)17-10/h1-5H,6-7H2. The Balaban J connectivity index is 2.08. The van der Waals surface area contributed by atoms with Crippen molar-refractivity contribution in [3.63, 3.8) is 0 Å². The van der Waals surface area contributed by atoms with Gasteiger partial charge in [0.05, 0.1) is 10.2 Å². The Bertz CT molecular complexity index is 513. The van der Waals surface area contributed by atoms with Gasteiger partial charge in [-0.15, -0.1) is 22.9 Å². The summed E-state index contributed by atoms with van der Waals surface area (Å²) in [5.74, 6) is 1.24. The molecule has 0 unspecified atom stereocenters. The maximum absolute atomic E-state index is 5.87. The minimum Gasteiger partial charge on any atom is -0.488 e. The van der Waals surface area contributed by atoms with Crippen LogP contribution in [-0.4, -0.2) is 0 Å². The van der Waals surface area contributed by atoms with Crippen LogP contribution in [0.2, 0.25) is 4.34 Å². The molecule has 1 aromatic heterocycles. The molecule has 0 N–H and O–H groups in total. The first-order valence-electron chi connectivity index (χ1n) is 4.90. The van der Waals surface area contributed by atoms with E-state index in [1.165, 1.54) is 11.3 Å². The fourth-order valence-corrected chi connectivity index (χ4v) is 2.99. The van der Waals surface area contributed by atoms with Crippen molar-refractivity contribution in [1.29, 1.82) is 0 Å². The predicted octanol–water partition coefficient (Wildman–Crippen LogP) is 5.48. The van der Waals surface area contributed by atoms with Crippen LogP contribution in [0.3, 0.4) is 0 Å². The average molecular weight is 352 g/mol. The van der Waals surface area contributed by atoms with Gasteiger partial charge >= 0.3 is 0 Å². The van der Waals surface area contributed by atoms with Crippen LogP contribution in [0, 0.1) is 0 Å². The Labute approximate surface area is 122 Å². The van der Waals surface area contributed by atoms with Crippen LogP contribution < -0.4 is 4.74 Å². The monoisotopic (exact) mass is 350 g/mol. The number of rotatable bonds is 4. The van der Waals surface area contributed by atoms with Crippen molar-refractivity contribution in [2.75, 3.05) is 0 Å². The number of ether oxygens (including phenoxy) is 1. The van der Waals surface area contributed by atoms with Gasteiger partial charge in [0.2, 0.25) is 0 Å². The Morgan fingerprint density at radius 2 is 2.06 bits per heavy atom. The van der Waals surface area contributed by atoms with Crippen LogP contribution >= 0.6 is 50.5 Å². The summed E-state index contributed by atoms with van der Waals surface area (Å²) in [6.07, 6.45) is 0. The summed E-state index contributed by atoms with van der Waals surface area (Å²) in [5.41, 5.74) is 0.976. The van der Waals surface area contributed by atoms with Crippen LogP contribution in [0.15, 0.2) is 34.8 Å². The van der Waals surface area contributed by atoms with E-state index in [2.05, 4.69) is 15.9 Å². The molecule has 1 aromatic carbocycles. The third kappa shape index (κ3) is 3.62. The highest BCUT2D eigenvalue weighted by atomic mass is 79.9. The molecular weight excluding hydrogens is 343 g/mol. The summed E-state index contributed by atoms with van der Waals surface area (Å²) in [6, 6.07) is 9.65. The molecular formula is C12H9BrCl2OS. The highest BCUT2D eigenvalue weighted by molar-refractivity contribution is 9.10. The zero-order valence-corrected chi connectivity index (χ0v) is 12.7. The van der Waals surface area contributed by atoms with Gasteiger partial charge in [0.25, 0.3) is 0 Å². The third-order valence-electron chi connectivity index (χ3n) is 2.17. The van der Waals surface area contributed by atoms with Crippen molar-refractivity contribution >= 4 is 50.5 Å². The molecule has 0 spiro atoms. The summed E-state index contributed by atoms with van der Waals surface area (Å²) in [5, 5.41) is 0. The SMILES string of the molecule is ClCc1cc(Br)ccc1OCc1ccc(Cl)s1. The van der Waals surface area contributed by atoms with Crippen molar-refractivity contribution in [2.24, 2.45) is 0 Å². The van der Waals surface area contributed by atoms with Crippen LogP contribution in [0.25, 0.3) is 0 Å². The van der Waals surface area contributed by atoms with Gasteiger partial charge in [0.1, 0.15) is 12.4 Å². The third-order valence-corrected chi connectivity index (χ3v) is 4.15. The molecule has 0 amide bonds. The fourth-order valence-electron chi connectivity index (χ4n) is 1.37. The van der Waals surface area contributed by atoms with Gasteiger partial charge in [-0.2, -0.15) is 0 Å². The molecule has 2 aromatic rings. The second-order valence-corrected chi connectivity index (χ2v) is 6.36. The minimum absolute atomic E-state index is 0.431. The van der Waals surface area contributed by atoms with Crippen molar-refractivity contribution < 1.29 is 4.74 Å². The van der Waals surface area contributed by atoms with Crippen LogP contribution in [0.4, 0.5) is 0 Å². The van der Waals surface area contributed by atoms with Crippen LogP contribution in [0.5, 0.6) is 5.75 Å². The highest BCUT2D eigenvalue weighted by Gasteiger charge is 2.05. The van der Waals surface area contributed by atoms with E-state index in [1.54, 1.807) is 0 Å². The van der Waals surface area contributed by atoms with Crippen molar-refractivity contribution in [1.82, 2.24) is 0 Å². The van der Waals surface area contributed by atoms with Crippen molar-refractivity contribution in [3.05, 3.63) is 49.6 Å². The second-order valence-electron chi connectivity index (χ2n) is 3.38. The number of benzene rings is 1. The quantitative estimate of drug-likeness (QED) is 0.662. The Morgan fingerprint density at radius 1 is 1.24 bits per heavy atom. The fraction of sp³-hybridized carbons (Fsp3) is 0.167. The van der Waals surface area contributed by atoms with Gasteiger partial charge in [-0.05, 0) is 30.3 Å². The van der Waals surface area contributed by atoms with Crippen LogP contribution in [0.1, 0.15) is 10.4 Å². The van der Waals surface area contributed by atoms with Gasteiger partial charge in [-0.3, -0.25) is 0 Å². The van der Waals surface area contributed by atoms with Crippen molar-refractivity contribution in [2.45, 2.75) is 12.5 Å². The molecule has 2 rings (SSSR count). The first-order chi connectivity index (χ1) is 8.19. The summed E-state index contributed by atoms with van der Waals surface area (Å²) < 4.78 is 7.50. The number of hydrogen-bond acceptors (Lipinski definition) is 2. The molecule has 0 aliphatic carbocycles. The topological polar surface area (TPSA) is 9.23 Å². The first kappa shape index (κ1) is 13.2. The summed E-state index contributed by atoms with van der Waals surface area (Å²) in [7, 11) is 0. The van der Waals surface area contributed by atoms with E-state index in [0.717, 1.165) is 25.0 Å². The van der Waals surface area contributed by atoms with E-state index in [1.807, 2.05) is 30.3 Å². The minimum atomic E-state index is 0.431. The van der Waals surface area contributed by atoms with Crippen LogP contribution in [-0.2, 0) is 12.5 Å². The molecule has 1 nitrogen and oxygen atoms in total. The van der Waals surface area contributed by atoms with E-state index in [4.69, 9.17) is 27.9 Å². The van der Waals surface area contributed by atoms with E-state index in [0.29, 0.717) is 12.5 Å². The molecule has 0 aliphatic heterocycles. The zero-order valence-electron chi connectivity index (χ0n) is 8.75. The molecule has 0 saturated carbocycles. The van der Waals surface area contributed by atoms with Gasteiger partial charge < -0.3 is 4.74 Å². The number of halogens is 3. The highest BCUT2D eigenvalue weighted by Crippen LogP contribution is 2.27. The molecule has 0 aliphatic rings. The first-order valence-corrected chi connectivity index (χ1v) is 7.42. The molecule has 17 heavy (non-hydrogen) atoms. The lowest BCUT2D eigenvalue weighted by Gasteiger charge is -2.09. The zero-order chi connectivity index (χ0) is 12.3. The Hall–Kier alpha value is -0.220. The van der Waals surface area contributed by atoms with Gasteiger partial charge in [0, 0.05) is 14.9 Å². The summed E-state index contributed by atoms with van der Waals surface area (Å²) in [6.45, 7) is 0.517. The second kappa shape index (κ2) is 6.10.